The van der Waals surface area contributed by atoms with Gasteiger partial charge in [0, 0.05) is 0 Å². The molecule has 3 heteroatoms. The Kier molecular flexibility index (Phi) is 4.22. The molecule has 0 aliphatic heterocycles. The van der Waals surface area contributed by atoms with Gasteiger partial charge in [-0.2, -0.15) is 0 Å². The van der Waals surface area contributed by atoms with Crippen LogP contribution in [0.3, 0.4) is 0 Å². The van der Waals surface area contributed by atoms with Crippen molar-refractivity contribution in [1.29, 1.82) is 0 Å². The Morgan fingerprint density at radius 3 is 2.54 bits per heavy atom. The zero-order valence-corrected chi connectivity index (χ0v) is 8.16. The summed E-state index contributed by atoms with van der Waals surface area (Å²) in [6.45, 7) is -0.0721. The lowest BCUT2D eigenvalue weighted by Gasteiger charge is -2.26. The maximum atomic E-state index is 11.3. The second-order valence-electron chi connectivity index (χ2n) is 3.71. The molecule has 1 aliphatic rings. The SMILES string of the molecule is COC(=O)C(CO)C1CCCCC1. The lowest BCUT2D eigenvalue weighted by atomic mass is 9.80. The van der Waals surface area contributed by atoms with Crippen molar-refractivity contribution in [3.05, 3.63) is 0 Å². The van der Waals surface area contributed by atoms with E-state index in [1.54, 1.807) is 0 Å². The van der Waals surface area contributed by atoms with E-state index in [-0.39, 0.29) is 18.5 Å². The smallest absolute Gasteiger partial charge is 0.311 e. The largest absolute Gasteiger partial charge is 0.469 e. The molecule has 1 N–H and O–H groups in total. The van der Waals surface area contributed by atoms with Crippen molar-refractivity contribution < 1.29 is 14.6 Å². The van der Waals surface area contributed by atoms with E-state index in [2.05, 4.69) is 4.74 Å². The molecule has 0 radical (unpaired) electrons. The average Bonchev–Trinajstić information content (AvgIpc) is 2.20. The minimum Gasteiger partial charge on any atom is -0.469 e. The molecule has 0 aromatic heterocycles. The molecular weight excluding hydrogens is 168 g/mol. The summed E-state index contributed by atoms with van der Waals surface area (Å²) in [6.07, 6.45) is 5.73. The Morgan fingerprint density at radius 1 is 1.46 bits per heavy atom. The van der Waals surface area contributed by atoms with E-state index >= 15 is 0 Å². The number of methoxy groups -OCH3 is 1. The minimum absolute atomic E-state index is 0.0721. The van der Waals surface area contributed by atoms with Crippen molar-refractivity contribution in [2.24, 2.45) is 11.8 Å². The quantitative estimate of drug-likeness (QED) is 0.677. The standard InChI is InChI=1S/C10H18O3/c1-13-10(12)9(7-11)8-5-3-2-4-6-8/h8-9,11H,2-7H2,1H3. The van der Waals surface area contributed by atoms with Gasteiger partial charge < -0.3 is 9.84 Å². The van der Waals surface area contributed by atoms with Crippen LogP contribution in [-0.2, 0) is 9.53 Å². The highest BCUT2D eigenvalue weighted by atomic mass is 16.5. The summed E-state index contributed by atoms with van der Waals surface area (Å²) in [7, 11) is 1.38. The molecule has 3 nitrogen and oxygen atoms in total. The highest BCUT2D eigenvalue weighted by Crippen LogP contribution is 2.30. The van der Waals surface area contributed by atoms with Crippen molar-refractivity contribution in [2.75, 3.05) is 13.7 Å². The van der Waals surface area contributed by atoms with Crippen molar-refractivity contribution in [3.63, 3.8) is 0 Å². The summed E-state index contributed by atoms with van der Waals surface area (Å²) in [5.41, 5.74) is 0. The molecule has 0 saturated heterocycles. The average molecular weight is 186 g/mol. The molecule has 1 aliphatic carbocycles. The zero-order chi connectivity index (χ0) is 9.68. The summed E-state index contributed by atoms with van der Waals surface area (Å²) < 4.78 is 4.66. The van der Waals surface area contributed by atoms with Gasteiger partial charge in [0.25, 0.3) is 0 Å². The highest BCUT2D eigenvalue weighted by molar-refractivity contribution is 5.72. The van der Waals surface area contributed by atoms with Crippen LogP contribution in [0.4, 0.5) is 0 Å². The van der Waals surface area contributed by atoms with Crippen molar-refractivity contribution in [1.82, 2.24) is 0 Å². The fourth-order valence-corrected chi connectivity index (χ4v) is 2.10. The van der Waals surface area contributed by atoms with Gasteiger partial charge in [-0.3, -0.25) is 4.79 Å². The third-order valence-electron chi connectivity index (χ3n) is 2.92. The number of aliphatic hydroxyl groups is 1. The number of ether oxygens (including phenoxy) is 1. The summed E-state index contributed by atoms with van der Waals surface area (Å²) in [5.74, 6) is -0.203. The van der Waals surface area contributed by atoms with E-state index in [0.29, 0.717) is 5.92 Å². The molecule has 13 heavy (non-hydrogen) atoms. The molecule has 1 atom stereocenters. The minimum atomic E-state index is -0.287. The van der Waals surface area contributed by atoms with Crippen molar-refractivity contribution >= 4 is 5.97 Å². The normalized spacial score (nSPS) is 21.1. The monoisotopic (exact) mass is 186 g/mol. The van der Waals surface area contributed by atoms with Crippen molar-refractivity contribution in [3.8, 4) is 0 Å². The number of hydrogen-bond donors (Lipinski definition) is 1. The number of hydrogen-bond acceptors (Lipinski definition) is 3. The van der Waals surface area contributed by atoms with E-state index in [1.165, 1.54) is 26.4 Å². The van der Waals surface area contributed by atoms with Gasteiger partial charge in [-0.05, 0) is 18.8 Å². The number of carbonyl (C=O) groups is 1. The van der Waals surface area contributed by atoms with Gasteiger partial charge in [0.15, 0.2) is 0 Å². The van der Waals surface area contributed by atoms with Crippen LogP contribution in [0.5, 0.6) is 0 Å². The van der Waals surface area contributed by atoms with Crippen LogP contribution in [-0.4, -0.2) is 24.8 Å². The molecule has 0 spiro atoms. The molecule has 1 unspecified atom stereocenters. The number of aliphatic hydroxyl groups excluding tert-OH is 1. The lowest BCUT2D eigenvalue weighted by molar-refractivity contribution is -0.149. The maximum absolute atomic E-state index is 11.3. The molecule has 0 aromatic carbocycles. The Labute approximate surface area is 79.1 Å². The molecule has 1 fully saturated rings. The zero-order valence-electron chi connectivity index (χ0n) is 8.16. The van der Waals surface area contributed by atoms with Crippen LogP contribution in [0.15, 0.2) is 0 Å². The summed E-state index contributed by atoms with van der Waals surface area (Å²) >= 11 is 0. The Bertz CT molecular complexity index is 162. The van der Waals surface area contributed by atoms with E-state index in [4.69, 9.17) is 5.11 Å². The second kappa shape index (κ2) is 5.22. The van der Waals surface area contributed by atoms with Gasteiger partial charge in [-0.25, -0.2) is 0 Å². The van der Waals surface area contributed by atoms with E-state index in [0.717, 1.165) is 12.8 Å². The molecule has 0 heterocycles. The number of carbonyl (C=O) groups excluding carboxylic acids is 1. The van der Waals surface area contributed by atoms with Gasteiger partial charge in [-0.15, -0.1) is 0 Å². The van der Waals surface area contributed by atoms with Gasteiger partial charge in [0.05, 0.1) is 19.6 Å². The van der Waals surface area contributed by atoms with Crippen molar-refractivity contribution in [2.45, 2.75) is 32.1 Å². The Hall–Kier alpha value is -0.570. The predicted molar refractivity (Wildman–Crippen MR) is 49.2 cm³/mol. The topological polar surface area (TPSA) is 46.5 Å². The fourth-order valence-electron chi connectivity index (χ4n) is 2.10. The predicted octanol–water partition coefficient (Wildman–Crippen LogP) is 1.35. The Morgan fingerprint density at radius 2 is 2.08 bits per heavy atom. The first-order valence-corrected chi connectivity index (χ1v) is 4.98. The summed E-state index contributed by atoms with van der Waals surface area (Å²) in [4.78, 5) is 11.3. The Balaban J connectivity index is 2.48. The van der Waals surface area contributed by atoms with Crippen LogP contribution in [0.25, 0.3) is 0 Å². The molecule has 76 valence electrons. The molecule has 0 aromatic rings. The van der Waals surface area contributed by atoms with E-state index in [9.17, 15) is 4.79 Å². The van der Waals surface area contributed by atoms with Crippen LogP contribution in [0.1, 0.15) is 32.1 Å². The molecular formula is C10H18O3. The third-order valence-corrected chi connectivity index (χ3v) is 2.92. The first kappa shape index (κ1) is 10.5. The molecule has 0 amide bonds. The first-order valence-electron chi connectivity index (χ1n) is 4.98. The van der Waals surface area contributed by atoms with Gasteiger partial charge in [0.1, 0.15) is 0 Å². The molecule has 1 saturated carbocycles. The van der Waals surface area contributed by atoms with Gasteiger partial charge in [0.2, 0.25) is 0 Å². The van der Waals surface area contributed by atoms with Gasteiger partial charge >= 0.3 is 5.97 Å². The molecule has 1 rings (SSSR count). The number of rotatable bonds is 3. The second-order valence-corrected chi connectivity index (χ2v) is 3.71. The summed E-state index contributed by atoms with van der Waals surface area (Å²) in [6, 6.07) is 0. The maximum Gasteiger partial charge on any atom is 0.311 e. The highest BCUT2D eigenvalue weighted by Gasteiger charge is 2.29. The molecule has 0 bridgehead atoms. The third kappa shape index (κ3) is 2.69. The first-order chi connectivity index (χ1) is 6.29. The van der Waals surface area contributed by atoms with Crippen LogP contribution in [0.2, 0.25) is 0 Å². The van der Waals surface area contributed by atoms with Gasteiger partial charge in [-0.1, -0.05) is 19.3 Å². The van der Waals surface area contributed by atoms with Crippen LogP contribution >= 0.6 is 0 Å². The van der Waals surface area contributed by atoms with E-state index in [1.807, 2.05) is 0 Å². The number of esters is 1. The summed E-state index contributed by atoms with van der Waals surface area (Å²) in [5, 5.41) is 9.08. The lowest BCUT2D eigenvalue weighted by Crippen LogP contribution is -2.29. The van der Waals surface area contributed by atoms with Crippen LogP contribution in [0, 0.1) is 11.8 Å². The van der Waals surface area contributed by atoms with Crippen LogP contribution < -0.4 is 0 Å². The van der Waals surface area contributed by atoms with E-state index < -0.39 is 0 Å². The fraction of sp³-hybridized carbons (Fsp3) is 0.900.